The molecule has 0 atom stereocenters. The highest BCUT2D eigenvalue weighted by Gasteiger charge is 2.22. The van der Waals surface area contributed by atoms with Gasteiger partial charge in [0.1, 0.15) is 0 Å². The van der Waals surface area contributed by atoms with E-state index in [1.807, 2.05) is 45.9 Å². The van der Waals surface area contributed by atoms with Crippen molar-refractivity contribution in [1.29, 1.82) is 0 Å². The van der Waals surface area contributed by atoms with Crippen LogP contribution in [0.3, 0.4) is 0 Å². The van der Waals surface area contributed by atoms with Crippen LogP contribution in [-0.4, -0.2) is 25.7 Å². The molecule has 0 spiro atoms. The summed E-state index contributed by atoms with van der Waals surface area (Å²) in [4.78, 5) is 15.9. The number of rotatable bonds is 3. The second-order valence-corrected chi connectivity index (χ2v) is 7.01. The minimum atomic E-state index is -1.03. The number of carboxylic acids is 1. The van der Waals surface area contributed by atoms with Gasteiger partial charge in [-0.15, -0.1) is 0 Å². The molecule has 0 aliphatic rings. The zero-order valence-corrected chi connectivity index (χ0v) is 15.5. The summed E-state index contributed by atoms with van der Waals surface area (Å²) in [6.07, 6.45) is 0. The summed E-state index contributed by atoms with van der Waals surface area (Å²) in [6.45, 7) is 7.97. The van der Waals surface area contributed by atoms with Crippen LogP contribution >= 0.6 is 15.9 Å². The van der Waals surface area contributed by atoms with Crippen molar-refractivity contribution in [2.75, 3.05) is 0 Å². The zero-order chi connectivity index (χ0) is 17.6. The molecular formula is C18H18BrN3O2. The summed E-state index contributed by atoms with van der Waals surface area (Å²) < 4.78 is 2.70. The van der Waals surface area contributed by atoms with E-state index in [0.717, 1.165) is 32.6 Å². The van der Waals surface area contributed by atoms with Crippen molar-refractivity contribution in [1.82, 2.24) is 14.6 Å². The van der Waals surface area contributed by atoms with Crippen molar-refractivity contribution in [3.05, 3.63) is 51.4 Å². The number of fused-ring (bicyclic) bond motifs is 1. The van der Waals surface area contributed by atoms with Gasteiger partial charge in [-0.1, -0.05) is 41.9 Å². The molecule has 0 bridgehead atoms. The number of aromatic carboxylic acids is 1. The van der Waals surface area contributed by atoms with Gasteiger partial charge in [-0.3, -0.25) is 0 Å². The molecule has 2 aromatic heterocycles. The maximum atomic E-state index is 11.5. The number of nitrogens with zero attached hydrogens (tertiary/aromatic N) is 3. The fourth-order valence-corrected chi connectivity index (χ4v) is 3.57. The van der Waals surface area contributed by atoms with E-state index in [0.29, 0.717) is 5.65 Å². The molecule has 0 radical (unpaired) electrons. The highest BCUT2D eigenvalue weighted by atomic mass is 79.9. The van der Waals surface area contributed by atoms with Gasteiger partial charge in [0.15, 0.2) is 11.3 Å². The average molecular weight is 388 g/mol. The first-order valence-electron chi connectivity index (χ1n) is 7.70. The van der Waals surface area contributed by atoms with Gasteiger partial charge in [-0.05, 0) is 37.5 Å². The summed E-state index contributed by atoms with van der Waals surface area (Å²) >= 11 is 3.60. The van der Waals surface area contributed by atoms with Crippen LogP contribution in [0.15, 0.2) is 28.7 Å². The van der Waals surface area contributed by atoms with E-state index >= 15 is 0 Å². The molecule has 3 rings (SSSR count). The fraction of sp³-hybridized carbons (Fsp3) is 0.278. The molecule has 0 fully saturated rings. The van der Waals surface area contributed by atoms with Crippen molar-refractivity contribution in [2.24, 2.45) is 0 Å². The van der Waals surface area contributed by atoms with E-state index in [1.54, 1.807) is 10.6 Å². The number of carboxylic acid groups (broad SMARTS) is 1. The number of carbonyl (C=O) groups is 1. The minimum absolute atomic E-state index is 0.0389. The molecule has 0 saturated carbocycles. The minimum Gasteiger partial charge on any atom is -0.477 e. The van der Waals surface area contributed by atoms with Crippen LogP contribution in [0.4, 0.5) is 0 Å². The first-order valence-corrected chi connectivity index (χ1v) is 8.49. The second-order valence-electron chi connectivity index (χ2n) is 6.15. The Morgan fingerprint density at radius 1 is 1.25 bits per heavy atom. The quantitative estimate of drug-likeness (QED) is 0.712. The third-order valence-corrected chi connectivity index (χ3v) is 4.73. The Balaban J connectivity index is 2.46. The Bertz CT molecular complexity index is 940. The van der Waals surface area contributed by atoms with Gasteiger partial charge >= 0.3 is 5.97 Å². The van der Waals surface area contributed by atoms with E-state index in [1.165, 1.54) is 0 Å². The fourth-order valence-electron chi connectivity index (χ4n) is 2.91. The smallest absolute Gasteiger partial charge is 0.354 e. The molecular weight excluding hydrogens is 370 g/mol. The SMILES string of the molecule is Cc1cccc(Br)c1-c1c(C)nn2c(C(C)C)cc(C(=O)O)nc12. The number of hydrogen-bond acceptors (Lipinski definition) is 3. The Kier molecular flexibility index (Phi) is 4.17. The lowest BCUT2D eigenvalue weighted by atomic mass is 10.0. The number of benzene rings is 1. The Morgan fingerprint density at radius 3 is 2.54 bits per heavy atom. The summed E-state index contributed by atoms with van der Waals surface area (Å²) in [5.41, 5.74) is 5.21. The standard InChI is InChI=1S/C18H18BrN3O2/c1-9(2)14-8-13(18(23)24)20-17-16(11(4)21-22(14)17)15-10(3)6-5-7-12(15)19/h5-9H,1-4H3,(H,23,24). The van der Waals surface area contributed by atoms with E-state index in [-0.39, 0.29) is 11.6 Å². The van der Waals surface area contributed by atoms with E-state index in [9.17, 15) is 9.90 Å². The van der Waals surface area contributed by atoms with E-state index < -0.39 is 5.97 Å². The molecule has 6 heteroatoms. The van der Waals surface area contributed by atoms with Crippen LogP contribution in [0.1, 0.15) is 47.2 Å². The molecule has 0 unspecified atom stereocenters. The van der Waals surface area contributed by atoms with Crippen LogP contribution in [0, 0.1) is 13.8 Å². The van der Waals surface area contributed by atoms with Gasteiger partial charge in [0.2, 0.25) is 0 Å². The van der Waals surface area contributed by atoms with Crippen molar-refractivity contribution >= 4 is 27.5 Å². The van der Waals surface area contributed by atoms with Gasteiger partial charge < -0.3 is 5.11 Å². The highest BCUT2D eigenvalue weighted by Crippen LogP contribution is 2.36. The van der Waals surface area contributed by atoms with Crippen LogP contribution in [-0.2, 0) is 0 Å². The summed E-state index contributed by atoms with van der Waals surface area (Å²) in [6, 6.07) is 7.56. The lowest BCUT2D eigenvalue weighted by molar-refractivity contribution is 0.0690. The first-order chi connectivity index (χ1) is 11.3. The molecule has 5 nitrogen and oxygen atoms in total. The maximum Gasteiger partial charge on any atom is 0.354 e. The van der Waals surface area contributed by atoms with E-state index in [4.69, 9.17) is 0 Å². The zero-order valence-electron chi connectivity index (χ0n) is 14.0. The normalized spacial score (nSPS) is 11.4. The third kappa shape index (κ3) is 2.60. The van der Waals surface area contributed by atoms with Gasteiger partial charge in [-0.25, -0.2) is 14.3 Å². The number of aryl methyl sites for hydroxylation is 2. The molecule has 0 saturated heterocycles. The van der Waals surface area contributed by atoms with E-state index in [2.05, 4.69) is 26.0 Å². The van der Waals surface area contributed by atoms with Crippen LogP contribution in [0.2, 0.25) is 0 Å². The lowest BCUT2D eigenvalue weighted by Gasteiger charge is -2.11. The lowest BCUT2D eigenvalue weighted by Crippen LogP contribution is -2.09. The monoisotopic (exact) mass is 387 g/mol. The van der Waals surface area contributed by atoms with Gasteiger partial charge in [0.05, 0.1) is 11.3 Å². The Morgan fingerprint density at radius 2 is 1.96 bits per heavy atom. The summed E-state index contributed by atoms with van der Waals surface area (Å²) in [7, 11) is 0. The average Bonchev–Trinajstić information content (AvgIpc) is 2.82. The highest BCUT2D eigenvalue weighted by molar-refractivity contribution is 9.10. The second kappa shape index (κ2) is 6.02. The largest absolute Gasteiger partial charge is 0.477 e. The molecule has 124 valence electrons. The molecule has 3 aromatic rings. The van der Waals surface area contributed by atoms with Crippen LogP contribution in [0.5, 0.6) is 0 Å². The molecule has 2 heterocycles. The summed E-state index contributed by atoms with van der Waals surface area (Å²) in [5.74, 6) is -0.908. The number of aromatic nitrogens is 3. The number of halogens is 1. The molecule has 0 aliphatic carbocycles. The Hall–Kier alpha value is -2.21. The predicted molar refractivity (Wildman–Crippen MR) is 96.6 cm³/mol. The first kappa shape index (κ1) is 16.6. The summed E-state index contributed by atoms with van der Waals surface area (Å²) in [5, 5.41) is 14.1. The van der Waals surface area contributed by atoms with Crippen molar-refractivity contribution in [3.63, 3.8) is 0 Å². The van der Waals surface area contributed by atoms with Crippen molar-refractivity contribution < 1.29 is 9.90 Å². The predicted octanol–water partition coefficient (Wildman–Crippen LogP) is 4.60. The molecule has 24 heavy (non-hydrogen) atoms. The molecule has 1 aromatic carbocycles. The molecule has 0 amide bonds. The van der Waals surface area contributed by atoms with Gasteiger partial charge in [-0.2, -0.15) is 5.10 Å². The molecule has 0 aliphatic heterocycles. The van der Waals surface area contributed by atoms with Crippen molar-refractivity contribution in [2.45, 2.75) is 33.6 Å². The van der Waals surface area contributed by atoms with Crippen molar-refractivity contribution in [3.8, 4) is 11.1 Å². The maximum absolute atomic E-state index is 11.5. The third-order valence-electron chi connectivity index (χ3n) is 4.07. The number of hydrogen-bond donors (Lipinski definition) is 1. The van der Waals surface area contributed by atoms with Gasteiger partial charge in [0, 0.05) is 15.7 Å². The molecule has 1 N–H and O–H groups in total. The van der Waals surface area contributed by atoms with Crippen LogP contribution < -0.4 is 0 Å². The topological polar surface area (TPSA) is 67.5 Å². The van der Waals surface area contributed by atoms with Crippen LogP contribution in [0.25, 0.3) is 16.8 Å². The van der Waals surface area contributed by atoms with Gasteiger partial charge in [0.25, 0.3) is 0 Å². The Labute approximate surface area is 148 Å².